The topological polar surface area (TPSA) is 95.4 Å². The van der Waals surface area contributed by atoms with Crippen LogP contribution in [0.3, 0.4) is 0 Å². The van der Waals surface area contributed by atoms with Gasteiger partial charge < -0.3 is 15.3 Å². The van der Waals surface area contributed by atoms with Crippen LogP contribution in [0.25, 0.3) is 0 Å². The molecule has 7 nitrogen and oxygen atoms in total. The number of benzene rings is 2. The fourth-order valence-corrected chi connectivity index (χ4v) is 5.91. The maximum Gasteiger partial charge on any atom is 0.227 e. The molecule has 0 saturated carbocycles. The monoisotopic (exact) mass is 470 g/mol. The minimum Gasteiger partial charge on any atom is -0.392 e. The van der Waals surface area contributed by atoms with Gasteiger partial charge >= 0.3 is 0 Å². The van der Waals surface area contributed by atoms with Gasteiger partial charge in [-0.1, -0.05) is 35.9 Å². The minimum absolute atomic E-state index is 0.0501. The van der Waals surface area contributed by atoms with E-state index in [0.29, 0.717) is 46.9 Å². The van der Waals surface area contributed by atoms with Crippen molar-refractivity contribution in [3.8, 4) is 0 Å². The third kappa shape index (κ3) is 4.05. The van der Waals surface area contributed by atoms with Crippen LogP contribution in [0.2, 0.25) is 5.02 Å². The lowest BCUT2D eigenvalue weighted by Crippen LogP contribution is -2.46. The van der Waals surface area contributed by atoms with E-state index >= 15 is 0 Å². The van der Waals surface area contributed by atoms with Crippen molar-refractivity contribution in [3.05, 3.63) is 70.4 Å². The Labute approximate surface area is 192 Å². The van der Waals surface area contributed by atoms with Crippen LogP contribution in [0.4, 0.5) is 17.5 Å². The second-order valence-corrected chi connectivity index (χ2v) is 10.7. The Balaban J connectivity index is 1.45. The van der Waals surface area contributed by atoms with Crippen LogP contribution in [0.1, 0.15) is 29.2 Å². The van der Waals surface area contributed by atoms with Gasteiger partial charge in [0.1, 0.15) is 4.90 Å². The van der Waals surface area contributed by atoms with E-state index in [9.17, 15) is 13.5 Å². The van der Waals surface area contributed by atoms with Gasteiger partial charge in [-0.2, -0.15) is 4.98 Å². The predicted molar refractivity (Wildman–Crippen MR) is 124 cm³/mol. The Morgan fingerprint density at radius 1 is 1.06 bits per heavy atom. The summed E-state index contributed by atoms with van der Waals surface area (Å²) in [6.07, 6.45) is 1.17. The molecule has 0 aliphatic carbocycles. The van der Waals surface area contributed by atoms with Crippen LogP contribution in [-0.4, -0.2) is 42.3 Å². The van der Waals surface area contributed by atoms with Crippen LogP contribution >= 0.6 is 11.6 Å². The Morgan fingerprint density at radius 2 is 1.78 bits per heavy atom. The van der Waals surface area contributed by atoms with Crippen molar-refractivity contribution < 1.29 is 13.5 Å². The first kappa shape index (κ1) is 21.2. The molecule has 1 saturated heterocycles. The van der Waals surface area contributed by atoms with Gasteiger partial charge in [0, 0.05) is 29.7 Å². The average Bonchev–Trinajstić information content (AvgIpc) is 2.74. The number of aliphatic hydroxyl groups excluding tert-OH is 1. The maximum atomic E-state index is 12.8. The summed E-state index contributed by atoms with van der Waals surface area (Å²) in [5, 5.41) is 13.2. The number of nitrogens with one attached hydrogen (secondary N) is 1. The van der Waals surface area contributed by atoms with Crippen LogP contribution in [0.15, 0.2) is 53.4 Å². The quantitative estimate of drug-likeness (QED) is 0.587. The normalized spacial score (nSPS) is 17.5. The Morgan fingerprint density at radius 3 is 2.47 bits per heavy atom. The zero-order valence-corrected chi connectivity index (χ0v) is 18.9. The van der Waals surface area contributed by atoms with Crippen molar-refractivity contribution >= 4 is 38.9 Å². The lowest BCUT2D eigenvalue weighted by Gasteiger charge is -2.40. The lowest BCUT2D eigenvalue weighted by atomic mass is 9.92. The summed E-state index contributed by atoms with van der Waals surface area (Å²) in [6, 6.07) is 15.0. The molecule has 0 unspecified atom stereocenters. The van der Waals surface area contributed by atoms with Gasteiger partial charge in [-0.15, -0.1) is 0 Å². The maximum absolute atomic E-state index is 12.8. The number of aryl methyl sites for hydroxylation is 1. The smallest absolute Gasteiger partial charge is 0.227 e. The van der Waals surface area contributed by atoms with E-state index < -0.39 is 9.84 Å². The molecule has 32 heavy (non-hydrogen) atoms. The predicted octanol–water partition coefficient (Wildman–Crippen LogP) is 3.69. The van der Waals surface area contributed by atoms with Gasteiger partial charge in [0.2, 0.25) is 5.95 Å². The molecule has 0 bridgehead atoms. The number of halogens is 1. The van der Waals surface area contributed by atoms with Crippen molar-refractivity contribution in [3.63, 3.8) is 0 Å². The van der Waals surface area contributed by atoms with Crippen LogP contribution in [0.5, 0.6) is 0 Å². The molecule has 2 aliphatic rings. The Hall–Kier alpha value is -2.68. The first-order valence-corrected chi connectivity index (χ1v) is 12.6. The molecule has 2 N–H and O–H groups in total. The number of sulfone groups is 1. The Bertz CT molecular complexity index is 1240. The van der Waals surface area contributed by atoms with E-state index in [-0.39, 0.29) is 17.3 Å². The number of aliphatic hydroxyl groups is 1. The molecule has 166 valence electrons. The van der Waals surface area contributed by atoms with E-state index in [1.807, 2.05) is 24.3 Å². The molecule has 3 aromatic rings. The standard InChI is InChI=1S/C23H23ClN4O3S/c24-18-7-5-16(6-8-18)17-12-28(13-17)23-26-20-2-1-11-32(30,31)21(20)22(27-23)25-19-9-3-15(14-29)4-10-19/h3-10,17,29H,1-2,11-14H2,(H,25,26,27). The molecule has 2 aliphatic heterocycles. The molecular formula is C23H23ClN4O3S. The van der Waals surface area contributed by atoms with Gasteiger partial charge in [0.05, 0.1) is 18.1 Å². The van der Waals surface area contributed by atoms with E-state index in [4.69, 9.17) is 11.6 Å². The lowest BCUT2D eigenvalue weighted by molar-refractivity contribution is 0.282. The van der Waals surface area contributed by atoms with Crippen molar-refractivity contribution in [2.45, 2.75) is 30.3 Å². The number of anilines is 3. The molecule has 2 aromatic carbocycles. The summed E-state index contributed by atoms with van der Waals surface area (Å²) in [7, 11) is -3.45. The molecular weight excluding hydrogens is 448 g/mol. The first-order valence-electron chi connectivity index (χ1n) is 10.5. The van der Waals surface area contributed by atoms with Gasteiger partial charge in [-0.05, 0) is 48.2 Å². The van der Waals surface area contributed by atoms with Crippen molar-refractivity contribution in [2.75, 3.05) is 29.1 Å². The molecule has 5 rings (SSSR count). The highest BCUT2D eigenvalue weighted by atomic mass is 35.5. The number of nitrogens with zero attached hydrogens (tertiary/aromatic N) is 3. The van der Waals surface area contributed by atoms with Gasteiger partial charge in [-0.25, -0.2) is 13.4 Å². The van der Waals surface area contributed by atoms with E-state index in [1.165, 1.54) is 5.56 Å². The molecule has 9 heteroatoms. The second kappa shape index (κ2) is 8.35. The SMILES string of the molecule is O=S1(=O)CCCc2nc(N3CC(c4ccc(Cl)cc4)C3)nc(Nc3ccc(CO)cc3)c21. The molecule has 1 aromatic heterocycles. The van der Waals surface area contributed by atoms with E-state index in [2.05, 4.69) is 20.2 Å². The fourth-order valence-electron chi connectivity index (χ4n) is 4.16. The molecule has 0 amide bonds. The highest BCUT2D eigenvalue weighted by Crippen LogP contribution is 2.36. The molecule has 0 radical (unpaired) electrons. The Kier molecular flexibility index (Phi) is 5.53. The minimum atomic E-state index is -3.45. The summed E-state index contributed by atoms with van der Waals surface area (Å²) in [5.74, 6) is 1.32. The second-order valence-electron chi connectivity index (χ2n) is 8.20. The average molecular weight is 471 g/mol. The summed E-state index contributed by atoms with van der Waals surface area (Å²) >= 11 is 5.99. The van der Waals surface area contributed by atoms with Crippen LogP contribution in [0, 0.1) is 0 Å². The summed E-state index contributed by atoms with van der Waals surface area (Å²) < 4.78 is 25.7. The summed E-state index contributed by atoms with van der Waals surface area (Å²) in [5.41, 5.74) is 3.28. The highest BCUT2D eigenvalue weighted by Gasteiger charge is 2.34. The largest absolute Gasteiger partial charge is 0.392 e. The molecule has 0 spiro atoms. The number of aromatic nitrogens is 2. The van der Waals surface area contributed by atoms with Crippen LogP contribution in [-0.2, 0) is 22.9 Å². The fraction of sp³-hybridized carbons (Fsp3) is 0.304. The molecule has 0 atom stereocenters. The van der Waals surface area contributed by atoms with Crippen molar-refractivity contribution in [2.24, 2.45) is 0 Å². The highest BCUT2D eigenvalue weighted by molar-refractivity contribution is 7.91. The number of rotatable bonds is 5. The zero-order chi connectivity index (χ0) is 22.3. The summed E-state index contributed by atoms with van der Waals surface area (Å²) in [4.78, 5) is 11.6. The van der Waals surface area contributed by atoms with Gasteiger partial charge in [-0.3, -0.25) is 0 Å². The number of hydrogen-bond acceptors (Lipinski definition) is 7. The third-order valence-electron chi connectivity index (χ3n) is 5.97. The summed E-state index contributed by atoms with van der Waals surface area (Å²) in [6.45, 7) is 1.47. The number of hydrogen-bond donors (Lipinski definition) is 2. The van der Waals surface area contributed by atoms with Gasteiger partial charge in [0.15, 0.2) is 15.7 Å². The molecule has 1 fully saturated rings. The van der Waals surface area contributed by atoms with Crippen molar-refractivity contribution in [1.82, 2.24) is 9.97 Å². The van der Waals surface area contributed by atoms with Crippen molar-refractivity contribution in [1.29, 1.82) is 0 Å². The number of fused-ring (bicyclic) bond motifs is 1. The van der Waals surface area contributed by atoms with E-state index in [0.717, 1.165) is 18.7 Å². The first-order chi connectivity index (χ1) is 15.4. The molecule has 3 heterocycles. The third-order valence-corrected chi connectivity index (χ3v) is 8.10. The van der Waals surface area contributed by atoms with E-state index in [1.54, 1.807) is 24.3 Å². The van der Waals surface area contributed by atoms with Crippen LogP contribution < -0.4 is 10.2 Å². The van der Waals surface area contributed by atoms with Gasteiger partial charge in [0.25, 0.3) is 0 Å². The zero-order valence-electron chi connectivity index (χ0n) is 17.3.